The summed E-state index contributed by atoms with van der Waals surface area (Å²) in [4.78, 5) is 0. The van der Waals surface area contributed by atoms with Crippen LogP contribution in [-0.4, -0.2) is 32.1 Å². The Labute approximate surface area is 155 Å². The van der Waals surface area contributed by atoms with Gasteiger partial charge in [0, 0.05) is 11.6 Å². The van der Waals surface area contributed by atoms with Crippen LogP contribution in [-0.2, 0) is 12.4 Å². The van der Waals surface area contributed by atoms with E-state index in [9.17, 15) is 36.6 Å². The van der Waals surface area contributed by atoms with E-state index in [-0.39, 0.29) is 11.9 Å². The largest absolute Gasteiger partial charge is 0.507 e. The molecule has 5 nitrogen and oxygen atoms in total. The van der Waals surface area contributed by atoms with Crippen LogP contribution in [0.25, 0.3) is 11.3 Å². The molecule has 1 aromatic heterocycles. The molecule has 0 bridgehead atoms. The van der Waals surface area contributed by atoms with Crippen LogP contribution in [0.5, 0.6) is 5.75 Å². The molecule has 152 valence electrons. The summed E-state index contributed by atoms with van der Waals surface area (Å²) in [6.07, 6.45) is -9.01. The number of benzene rings is 1. The topological polar surface area (TPSA) is 78.3 Å². The summed E-state index contributed by atoms with van der Waals surface area (Å²) in [5.74, 6) is -1.19. The van der Waals surface area contributed by atoms with E-state index >= 15 is 0 Å². The zero-order chi connectivity index (χ0) is 20.9. The minimum Gasteiger partial charge on any atom is -0.507 e. The van der Waals surface area contributed by atoms with E-state index in [4.69, 9.17) is 0 Å². The van der Waals surface area contributed by atoms with Gasteiger partial charge in [0.15, 0.2) is 0 Å². The van der Waals surface area contributed by atoms with Crippen LogP contribution in [0.2, 0.25) is 0 Å². The van der Waals surface area contributed by atoms with Crippen molar-refractivity contribution in [2.75, 3.05) is 5.32 Å². The molecule has 11 heteroatoms. The van der Waals surface area contributed by atoms with Crippen LogP contribution < -0.4 is 5.32 Å². The first-order valence-electron chi connectivity index (χ1n) is 8.11. The molecule has 0 amide bonds. The van der Waals surface area contributed by atoms with Gasteiger partial charge in [0.2, 0.25) is 0 Å². The Hall–Kier alpha value is -2.56. The molecule has 1 aliphatic rings. The lowest BCUT2D eigenvalue weighted by atomic mass is 9.77. The van der Waals surface area contributed by atoms with Crippen LogP contribution in [0.1, 0.15) is 30.9 Å². The van der Waals surface area contributed by atoms with Crippen LogP contribution in [0.15, 0.2) is 24.3 Å². The number of nitrogens with zero attached hydrogens (tertiary/aromatic N) is 2. The van der Waals surface area contributed by atoms with E-state index in [0.717, 1.165) is 0 Å². The van der Waals surface area contributed by atoms with E-state index in [2.05, 4.69) is 15.5 Å². The first-order valence-corrected chi connectivity index (χ1v) is 8.11. The van der Waals surface area contributed by atoms with Crippen molar-refractivity contribution in [3.05, 3.63) is 35.4 Å². The summed E-state index contributed by atoms with van der Waals surface area (Å²) < 4.78 is 78.5. The molecule has 1 heterocycles. The number of rotatable bonds is 3. The number of aromatic hydroxyl groups is 1. The lowest BCUT2D eigenvalue weighted by Gasteiger charge is -2.41. The first-order chi connectivity index (χ1) is 12.8. The number of nitrogens with one attached hydrogen (secondary N) is 1. The van der Waals surface area contributed by atoms with Gasteiger partial charge in [-0.05, 0) is 44.0 Å². The predicted octanol–water partition coefficient (Wildman–Crippen LogP) is 4.21. The minimum absolute atomic E-state index is 0.192. The molecule has 3 N–H and O–H groups in total. The highest BCUT2D eigenvalue weighted by molar-refractivity contribution is 5.71. The lowest BCUT2D eigenvalue weighted by Crippen LogP contribution is -2.48. The van der Waals surface area contributed by atoms with Gasteiger partial charge in [0.25, 0.3) is 0 Å². The van der Waals surface area contributed by atoms with Crippen LogP contribution in [0.3, 0.4) is 0 Å². The van der Waals surface area contributed by atoms with Crippen LogP contribution in [0.4, 0.5) is 32.2 Å². The predicted molar refractivity (Wildman–Crippen MR) is 86.4 cm³/mol. The summed E-state index contributed by atoms with van der Waals surface area (Å²) in [6.45, 7) is 1.59. The molecule has 0 unspecified atom stereocenters. The molecule has 1 fully saturated rings. The van der Waals surface area contributed by atoms with Gasteiger partial charge in [-0.25, -0.2) is 0 Å². The third kappa shape index (κ3) is 4.13. The number of hydrogen-bond donors (Lipinski definition) is 3. The molecule has 1 saturated carbocycles. The smallest absolute Gasteiger partial charge is 0.418 e. The van der Waals surface area contributed by atoms with Crippen molar-refractivity contribution in [1.29, 1.82) is 0 Å². The Morgan fingerprint density at radius 3 is 2.18 bits per heavy atom. The average molecular weight is 407 g/mol. The summed E-state index contributed by atoms with van der Waals surface area (Å²) in [5.41, 5.74) is -4.67. The van der Waals surface area contributed by atoms with Crippen molar-refractivity contribution in [3.8, 4) is 17.0 Å². The normalized spacial score (nSPS) is 22.6. The first kappa shape index (κ1) is 20.2. The second kappa shape index (κ2) is 6.50. The molecule has 28 heavy (non-hydrogen) atoms. The Morgan fingerprint density at radius 2 is 1.68 bits per heavy atom. The summed E-state index contributed by atoms with van der Waals surface area (Å²) in [5, 5.41) is 29.4. The van der Waals surface area contributed by atoms with Crippen molar-refractivity contribution >= 4 is 5.82 Å². The maximum absolute atomic E-state index is 13.5. The second-order valence-electron chi connectivity index (χ2n) is 6.97. The number of aromatic nitrogens is 2. The maximum atomic E-state index is 13.5. The molecule has 3 rings (SSSR count). The second-order valence-corrected chi connectivity index (χ2v) is 6.97. The monoisotopic (exact) mass is 407 g/mol. The summed E-state index contributed by atoms with van der Waals surface area (Å²) in [6, 6.07) is 2.00. The van der Waals surface area contributed by atoms with Gasteiger partial charge >= 0.3 is 12.4 Å². The van der Waals surface area contributed by atoms with Gasteiger partial charge in [0.1, 0.15) is 17.3 Å². The molecule has 0 atom stereocenters. The number of phenols is 1. The third-order valence-electron chi connectivity index (χ3n) is 4.40. The SMILES string of the molecule is CC1(O)CC(Nc2cc(C(F)(F)F)c(-c3ccc(C(F)(F)F)cc3O)nn2)C1. The highest BCUT2D eigenvalue weighted by Crippen LogP contribution is 2.42. The van der Waals surface area contributed by atoms with Gasteiger partial charge in [-0.3, -0.25) is 0 Å². The number of hydrogen-bond acceptors (Lipinski definition) is 5. The molecular formula is C17H15F6N3O2. The van der Waals surface area contributed by atoms with Crippen LogP contribution in [0, 0.1) is 0 Å². The maximum Gasteiger partial charge on any atom is 0.418 e. The Balaban J connectivity index is 1.97. The van der Waals surface area contributed by atoms with E-state index in [1.165, 1.54) is 0 Å². The number of halogens is 6. The number of alkyl halides is 6. The van der Waals surface area contributed by atoms with E-state index in [1.807, 2.05) is 0 Å². The van der Waals surface area contributed by atoms with Crippen molar-refractivity contribution in [3.63, 3.8) is 0 Å². The van der Waals surface area contributed by atoms with E-state index < -0.39 is 46.1 Å². The van der Waals surface area contributed by atoms with Crippen molar-refractivity contribution in [2.24, 2.45) is 0 Å². The molecule has 0 aliphatic heterocycles. The standard InChI is InChI=1S/C17H15F6N3O2/c1-15(28)6-9(7-15)24-13-5-11(17(21,22)23)14(26-25-13)10-3-2-8(4-12(10)27)16(18,19)20/h2-5,9,27-28H,6-7H2,1H3,(H,24,25). The quantitative estimate of drug-likeness (QED) is 0.665. The average Bonchev–Trinajstić information content (AvgIpc) is 2.51. The van der Waals surface area contributed by atoms with Crippen LogP contribution >= 0.6 is 0 Å². The molecule has 0 spiro atoms. The minimum atomic E-state index is -4.89. The Morgan fingerprint density at radius 1 is 1.04 bits per heavy atom. The molecule has 0 saturated heterocycles. The fourth-order valence-electron chi connectivity index (χ4n) is 3.10. The molecule has 0 radical (unpaired) electrons. The van der Waals surface area contributed by atoms with Gasteiger partial charge in [-0.1, -0.05) is 0 Å². The van der Waals surface area contributed by atoms with Crippen molar-refractivity contribution in [1.82, 2.24) is 10.2 Å². The van der Waals surface area contributed by atoms with Crippen molar-refractivity contribution < 1.29 is 36.6 Å². The molecule has 1 aromatic carbocycles. The number of phenolic OH excluding ortho intramolecular Hbond substituents is 1. The summed E-state index contributed by atoms with van der Waals surface area (Å²) >= 11 is 0. The molecular weight excluding hydrogens is 392 g/mol. The Kier molecular flexibility index (Phi) is 4.69. The molecule has 1 aliphatic carbocycles. The van der Waals surface area contributed by atoms with Crippen molar-refractivity contribution in [2.45, 2.75) is 43.8 Å². The zero-order valence-electron chi connectivity index (χ0n) is 14.4. The number of aliphatic hydroxyl groups is 1. The summed E-state index contributed by atoms with van der Waals surface area (Å²) in [7, 11) is 0. The van der Waals surface area contributed by atoms with Gasteiger partial charge in [-0.15, -0.1) is 10.2 Å². The van der Waals surface area contributed by atoms with Gasteiger partial charge < -0.3 is 15.5 Å². The fraction of sp³-hybridized carbons (Fsp3) is 0.412. The lowest BCUT2D eigenvalue weighted by molar-refractivity contribution is -0.138. The van der Waals surface area contributed by atoms with E-state index in [1.54, 1.807) is 6.92 Å². The highest BCUT2D eigenvalue weighted by atomic mass is 19.4. The number of anilines is 1. The van der Waals surface area contributed by atoms with Gasteiger partial charge in [-0.2, -0.15) is 26.3 Å². The third-order valence-corrected chi connectivity index (χ3v) is 4.40. The van der Waals surface area contributed by atoms with Gasteiger partial charge in [0.05, 0.1) is 16.7 Å². The molecule has 2 aromatic rings. The van der Waals surface area contributed by atoms with E-state index in [0.29, 0.717) is 37.1 Å². The zero-order valence-corrected chi connectivity index (χ0v) is 14.4. The Bertz CT molecular complexity index is 887. The highest BCUT2D eigenvalue weighted by Gasteiger charge is 2.40. The fourth-order valence-corrected chi connectivity index (χ4v) is 3.10.